The van der Waals surface area contributed by atoms with Gasteiger partial charge in [0.15, 0.2) is 0 Å². The van der Waals surface area contributed by atoms with Crippen molar-refractivity contribution in [3.8, 4) is 11.4 Å². The molecule has 0 saturated carbocycles. The van der Waals surface area contributed by atoms with E-state index in [1.807, 2.05) is 38.1 Å². The number of methoxy groups -OCH3 is 1. The van der Waals surface area contributed by atoms with Gasteiger partial charge < -0.3 is 14.6 Å². The first-order valence-electron chi connectivity index (χ1n) is 10.4. The summed E-state index contributed by atoms with van der Waals surface area (Å²) in [5.41, 5.74) is 3.97. The third-order valence-electron chi connectivity index (χ3n) is 5.48. The minimum atomic E-state index is -0.456. The predicted molar refractivity (Wildman–Crippen MR) is 118 cm³/mol. The van der Waals surface area contributed by atoms with Gasteiger partial charge in [0.25, 0.3) is 5.89 Å². The van der Waals surface area contributed by atoms with Gasteiger partial charge in [-0.05, 0) is 38.0 Å². The number of carbonyl (C=O) groups excluding carboxylic acids is 1. The Morgan fingerprint density at radius 2 is 1.97 bits per heavy atom. The standard InChI is InChI=1S/C24H25FN4O3/c1-15-8-10-17(11-9-15)21-20(16(2)29(24(30)26-21)12-5-13-31-3)23-27-22(28-32-23)18-6-4-7-19(25)14-18/h4,6-11,14,21H,5,12-13H2,1-3H3,(H,26,30). The fraction of sp³-hybridized carbons (Fsp3) is 0.292. The van der Waals surface area contributed by atoms with Gasteiger partial charge in [0.05, 0.1) is 11.6 Å². The molecule has 1 aliphatic rings. The van der Waals surface area contributed by atoms with Gasteiger partial charge in [-0.25, -0.2) is 9.18 Å². The maximum absolute atomic E-state index is 13.7. The first-order valence-corrected chi connectivity index (χ1v) is 10.4. The van der Waals surface area contributed by atoms with Crippen molar-refractivity contribution in [2.24, 2.45) is 0 Å². The number of benzene rings is 2. The average molecular weight is 436 g/mol. The molecule has 0 fully saturated rings. The summed E-state index contributed by atoms with van der Waals surface area (Å²) < 4.78 is 24.4. The Labute approximate surface area is 185 Å². The number of urea groups is 1. The van der Waals surface area contributed by atoms with Crippen LogP contribution in [0.25, 0.3) is 17.0 Å². The Kier molecular flexibility index (Phi) is 6.32. The van der Waals surface area contributed by atoms with Gasteiger partial charge in [-0.15, -0.1) is 0 Å². The van der Waals surface area contributed by atoms with Crippen molar-refractivity contribution in [2.45, 2.75) is 26.3 Å². The number of halogens is 1. The number of rotatable bonds is 7. The maximum atomic E-state index is 13.7. The Bertz CT molecular complexity index is 1140. The number of carbonyl (C=O) groups is 1. The van der Waals surface area contributed by atoms with E-state index in [4.69, 9.17) is 9.26 Å². The highest BCUT2D eigenvalue weighted by atomic mass is 19.1. The van der Waals surface area contributed by atoms with E-state index in [0.717, 1.165) is 16.8 Å². The molecule has 1 N–H and O–H groups in total. The molecular weight excluding hydrogens is 411 g/mol. The maximum Gasteiger partial charge on any atom is 0.322 e. The molecule has 0 radical (unpaired) electrons. The fourth-order valence-electron chi connectivity index (χ4n) is 3.78. The molecule has 166 valence electrons. The molecule has 2 aromatic carbocycles. The molecule has 8 heteroatoms. The third kappa shape index (κ3) is 4.40. The van der Waals surface area contributed by atoms with Gasteiger partial charge in [0.1, 0.15) is 5.82 Å². The van der Waals surface area contributed by atoms with E-state index in [9.17, 15) is 9.18 Å². The lowest BCUT2D eigenvalue weighted by Gasteiger charge is -2.35. The molecule has 1 atom stereocenters. The topological polar surface area (TPSA) is 80.5 Å². The minimum absolute atomic E-state index is 0.196. The second kappa shape index (κ2) is 9.32. The monoisotopic (exact) mass is 436 g/mol. The molecule has 1 aromatic heterocycles. The van der Waals surface area contributed by atoms with Crippen LogP contribution in [0.1, 0.15) is 36.4 Å². The summed E-state index contributed by atoms with van der Waals surface area (Å²) >= 11 is 0. The number of amides is 2. The van der Waals surface area contributed by atoms with Crippen LogP contribution in [0, 0.1) is 12.7 Å². The van der Waals surface area contributed by atoms with Crippen LogP contribution < -0.4 is 5.32 Å². The lowest BCUT2D eigenvalue weighted by Crippen LogP contribution is -2.46. The van der Waals surface area contributed by atoms with E-state index in [1.54, 1.807) is 24.1 Å². The van der Waals surface area contributed by atoms with Gasteiger partial charge in [0, 0.05) is 31.5 Å². The van der Waals surface area contributed by atoms with E-state index >= 15 is 0 Å². The molecule has 0 spiro atoms. The number of aryl methyl sites for hydroxylation is 1. The van der Waals surface area contributed by atoms with Gasteiger partial charge in [-0.3, -0.25) is 4.90 Å². The molecule has 1 unspecified atom stereocenters. The summed E-state index contributed by atoms with van der Waals surface area (Å²) in [5.74, 6) is 0.186. The normalized spacial score (nSPS) is 16.4. The van der Waals surface area contributed by atoms with Crippen molar-refractivity contribution in [1.29, 1.82) is 0 Å². The van der Waals surface area contributed by atoms with Crippen molar-refractivity contribution < 1.29 is 18.4 Å². The van der Waals surface area contributed by atoms with Gasteiger partial charge in [-0.2, -0.15) is 4.98 Å². The van der Waals surface area contributed by atoms with Crippen molar-refractivity contribution >= 4 is 11.6 Å². The van der Waals surface area contributed by atoms with Gasteiger partial charge in [0.2, 0.25) is 5.82 Å². The largest absolute Gasteiger partial charge is 0.385 e. The Morgan fingerprint density at radius 3 is 2.69 bits per heavy atom. The number of ether oxygens (including phenoxy) is 1. The molecule has 0 aliphatic carbocycles. The van der Waals surface area contributed by atoms with Crippen molar-refractivity contribution in [3.05, 3.63) is 77.1 Å². The van der Waals surface area contributed by atoms with E-state index in [1.165, 1.54) is 12.1 Å². The van der Waals surface area contributed by atoms with Crippen LogP contribution in [0.15, 0.2) is 58.8 Å². The molecule has 3 aromatic rings. The number of nitrogens with zero attached hydrogens (tertiary/aromatic N) is 3. The Hall–Kier alpha value is -3.52. The summed E-state index contributed by atoms with van der Waals surface area (Å²) in [6, 6.07) is 13.3. The minimum Gasteiger partial charge on any atom is -0.385 e. The lowest BCUT2D eigenvalue weighted by molar-refractivity contribution is 0.174. The molecule has 2 heterocycles. The van der Waals surface area contributed by atoms with Gasteiger partial charge >= 0.3 is 6.03 Å². The second-order valence-electron chi connectivity index (χ2n) is 7.72. The van der Waals surface area contributed by atoms with Gasteiger partial charge in [-0.1, -0.05) is 47.1 Å². The molecule has 7 nitrogen and oxygen atoms in total. The summed E-state index contributed by atoms with van der Waals surface area (Å²) in [7, 11) is 1.63. The summed E-state index contributed by atoms with van der Waals surface area (Å²) in [6.07, 6.45) is 0.683. The lowest BCUT2D eigenvalue weighted by atomic mass is 9.94. The number of nitrogens with one attached hydrogen (secondary N) is 1. The van der Waals surface area contributed by atoms with Crippen molar-refractivity contribution in [3.63, 3.8) is 0 Å². The first kappa shape index (κ1) is 21.7. The molecular formula is C24H25FN4O3. The first-order chi connectivity index (χ1) is 15.5. The van der Waals surface area contributed by atoms with Crippen LogP contribution in [-0.2, 0) is 4.74 Å². The van der Waals surface area contributed by atoms with Crippen molar-refractivity contribution in [2.75, 3.05) is 20.3 Å². The highest BCUT2D eigenvalue weighted by Gasteiger charge is 2.35. The van der Waals surface area contributed by atoms with Crippen LogP contribution in [0.3, 0.4) is 0 Å². The highest BCUT2D eigenvalue weighted by molar-refractivity contribution is 5.86. The van der Waals surface area contributed by atoms with E-state index in [-0.39, 0.29) is 23.6 Å². The summed E-state index contributed by atoms with van der Waals surface area (Å²) in [4.78, 5) is 19.1. The molecule has 4 rings (SSSR count). The molecule has 1 aliphatic heterocycles. The zero-order chi connectivity index (χ0) is 22.7. The van der Waals surface area contributed by atoms with Crippen LogP contribution in [0.2, 0.25) is 0 Å². The quantitative estimate of drug-likeness (QED) is 0.542. The molecule has 0 bridgehead atoms. The second-order valence-corrected chi connectivity index (χ2v) is 7.72. The SMILES string of the molecule is COCCCN1C(=O)NC(c2ccc(C)cc2)C(c2nc(-c3cccc(F)c3)no2)=C1C. The van der Waals surface area contributed by atoms with E-state index in [0.29, 0.717) is 30.7 Å². The molecule has 0 saturated heterocycles. The smallest absolute Gasteiger partial charge is 0.322 e. The van der Waals surface area contributed by atoms with E-state index in [2.05, 4.69) is 15.5 Å². The average Bonchev–Trinajstić information content (AvgIpc) is 3.26. The summed E-state index contributed by atoms with van der Waals surface area (Å²) in [5, 5.41) is 7.13. The van der Waals surface area contributed by atoms with Crippen LogP contribution in [0.4, 0.5) is 9.18 Å². The van der Waals surface area contributed by atoms with Crippen LogP contribution in [-0.4, -0.2) is 41.3 Å². The summed E-state index contributed by atoms with van der Waals surface area (Å²) in [6.45, 7) is 4.90. The highest BCUT2D eigenvalue weighted by Crippen LogP contribution is 2.37. The van der Waals surface area contributed by atoms with Crippen LogP contribution in [0.5, 0.6) is 0 Å². The Morgan fingerprint density at radius 1 is 1.19 bits per heavy atom. The van der Waals surface area contributed by atoms with E-state index < -0.39 is 6.04 Å². The Balaban J connectivity index is 1.77. The predicted octanol–water partition coefficient (Wildman–Crippen LogP) is 4.72. The number of hydrogen-bond acceptors (Lipinski definition) is 5. The third-order valence-corrected chi connectivity index (χ3v) is 5.48. The number of hydrogen-bond donors (Lipinski definition) is 1. The molecule has 32 heavy (non-hydrogen) atoms. The number of allylic oxidation sites excluding steroid dienone is 1. The fourth-order valence-corrected chi connectivity index (χ4v) is 3.78. The van der Waals surface area contributed by atoms with Crippen molar-refractivity contribution in [1.82, 2.24) is 20.4 Å². The number of aromatic nitrogens is 2. The van der Waals surface area contributed by atoms with Crippen LogP contribution >= 0.6 is 0 Å². The zero-order valence-corrected chi connectivity index (χ0v) is 18.3. The zero-order valence-electron chi connectivity index (χ0n) is 18.3. The molecule has 2 amide bonds.